The molecule has 1 fully saturated rings. The topological polar surface area (TPSA) is 66.5 Å². The molecule has 1 aliphatic rings. The number of hydrogen-bond donors (Lipinski definition) is 2. The Hall–Kier alpha value is -2.51. The highest BCUT2D eigenvalue weighted by molar-refractivity contribution is 7.80. The largest absolute Gasteiger partial charge is 0.494 e. The second-order valence-electron chi connectivity index (χ2n) is 6.76. The van der Waals surface area contributed by atoms with Crippen molar-refractivity contribution in [2.24, 2.45) is 0 Å². The van der Waals surface area contributed by atoms with Crippen LogP contribution in [-0.2, 0) is 0 Å². The van der Waals surface area contributed by atoms with E-state index in [9.17, 15) is 4.79 Å². The minimum Gasteiger partial charge on any atom is -0.494 e. The van der Waals surface area contributed by atoms with Crippen LogP contribution in [0.4, 0.5) is 0 Å². The molecule has 6 nitrogen and oxygen atoms in total. The number of aromatic nitrogens is 1. The molecule has 1 atom stereocenters. The van der Waals surface area contributed by atoms with Gasteiger partial charge in [0.05, 0.1) is 12.6 Å². The zero-order chi connectivity index (χ0) is 19.8. The lowest BCUT2D eigenvalue weighted by atomic mass is 9.98. The van der Waals surface area contributed by atoms with Crippen LogP contribution in [0.2, 0.25) is 0 Å². The number of carbonyl (C=O) groups is 1. The van der Waals surface area contributed by atoms with Crippen LogP contribution in [0.25, 0.3) is 0 Å². The Morgan fingerprint density at radius 1 is 1.29 bits per heavy atom. The van der Waals surface area contributed by atoms with Gasteiger partial charge in [0.25, 0.3) is 5.91 Å². The van der Waals surface area contributed by atoms with E-state index in [1.807, 2.05) is 12.3 Å². The summed E-state index contributed by atoms with van der Waals surface area (Å²) < 4.78 is 5.54. The summed E-state index contributed by atoms with van der Waals surface area (Å²) in [6.45, 7) is 3.57. The maximum absolute atomic E-state index is 12.5. The van der Waals surface area contributed by atoms with Gasteiger partial charge in [0.2, 0.25) is 0 Å². The number of rotatable bonds is 6. The van der Waals surface area contributed by atoms with Crippen LogP contribution in [0.3, 0.4) is 0 Å². The Kier molecular flexibility index (Phi) is 7.33. The minimum absolute atomic E-state index is 0.187. The Bertz CT molecular complexity index is 783. The smallest absolute Gasteiger partial charge is 0.257 e. The van der Waals surface area contributed by atoms with Crippen molar-refractivity contribution in [2.75, 3.05) is 13.2 Å². The van der Waals surface area contributed by atoms with E-state index < -0.39 is 0 Å². The number of piperidine rings is 1. The first kappa shape index (κ1) is 20.2. The number of thiocarbonyl (C=S) groups is 1. The van der Waals surface area contributed by atoms with Crippen LogP contribution >= 0.6 is 12.2 Å². The van der Waals surface area contributed by atoms with Crippen molar-refractivity contribution >= 4 is 23.2 Å². The molecule has 3 rings (SSSR count). The van der Waals surface area contributed by atoms with E-state index in [-0.39, 0.29) is 11.9 Å². The summed E-state index contributed by atoms with van der Waals surface area (Å²) >= 11 is 5.37. The first-order chi connectivity index (χ1) is 13.7. The fourth-order valence-electron chi connectivity index (χ4n) is 3.24. The van der Waals surface area contributed by atoms with Gasteiger partial charge in [-0.2, -0.15) is 0 Å². The average molecular weight is 399 g/mol. The zero-order valence-electron chi connectivity index (χ0n) is 16.1. The second kappa shape index (κ2) is 10.1. The third kappa shape index (κ3) is 5.50. The molecule has 0 saturated carbocycles. The van der Waals surface area contributed by atoms with E-state index in [0.717, 1.165) is 43.5 Å². The molecule has 1 saturated heterocycles. The van der Waals surface area contributed by atoms with Gasteiger partial charge >= 0.3 is 0 Å². The van der Waals surface area contributed by atoms with Gasteiger partial charge in [-0.1, -0.05) is 19.4 Å². The lowest BCUT2D eigenvalue weighted by molar-refractivity contribution is 0.0957. The van der Waals surface area contributed by atoms with Gasteiger partial charge in [0, 0.05) is 24.5 Å². The van der Waals surface area contributed by atoms with Crippen molar-refractivity contribution in [3.05, 3.63) is 59.9 Å². The molecule has 28 heavy (non-hydrogen) atoms. The van der Waals surface area contributed by atoms with E-state index in [2.05, 4.69) is 33.7 Å². The molecular weight excluding hydrogens is 372 g/mol. The quantitative estimate of drug-likeness (QED) is 0.725. The second-order valence-corrected chi connectivity index (χ2v) is 7.17. The van der Waals surface area contributed by atoms with Gasteiger partial charge in [-0.3, -0.25) is 20.5 Å². The van der Waals surface area contributed by atoms with Gasteiger partial charge < -0.3 is 4.74 Å². The molecule has 1 unspecified atom stereocenters. The fraction of sp³-hybridized carbons (Fsp3) is 0.381. The predicted octanol–water partition coefficient (Wildman–Crippen LogP) is 3.62. The van der Waals surface area contributed by atoms with Crippen molar-refractivity contribution in [2.45, 2.75) is 38.6 Å². The molecule has 1 aromatic heterocycles. The summed E-state index contributed by atoms with van der Waals surface area (Å²) in [6, 6.07) is 11.3. The first-order valence-corrected chi connectivity index (χ1v) is 10.1. The maximum atomic E-state index is 12.5. The van der Waals surface area contributed by atoms with Gasteiger partial charge in [-0.15, -0.1) is 0 Å². The Morgan fingerprint density at radius 2 is 2.11 bits per heavy atom. The third-order valence-corrected chi connectivity index (χ3v) is 4.83. The highest BCUT2D eigenvalue weighted by atomic mass is 32.1. The number of benzene rings is 1. The molecule has 2 heterocycles. The van der Waals surface area contributed by atoms with Gasteiger partial charge in [0.15, 0.2) is 5.11 Å². The monoisotopic (exact) mass is 398 g/mol. The number of carbonyl (C=O) groups excluding carboxylic acids is 1. The molecule has 2 aromatic rings. The number of pyridine rings is 1. The zero-order valence-corrected chi connectivity index (χ0v) is 16.9. The number of nitrogens with one attached hydrogen (secondary N) is 2. The Morgan fingerprint density at radius 3 is 2.82 bits per heavy atom. The average Bonchev–Trinajstić information content (AvgIpc) is 2.73. The van der Waals surface area contributed by atoms with Crippen molar-refractivity contribution in [1.29, 1.82) is 0 Å². The first-order valence-electron chi connectivity index (χ1n) is 9.68. The number of hydrogen-bond acceptors (Lipinski definition) is 5. The van der Waals surface area contributed by atoms with Gasteiger partial charge in [-0.05, 0) is 67.4 Å². The normalized spacial score (nSPS) is 17.0. The molecule has 1 amide bonds. The maximum Gasteiger partial charge on any atom is 0.257 e. The number of hydrazine groups is 1. The molecule has 0 aliphatic carbocycles. The summed E-state index contributed by atoms with van der Waals surface area (Å²) in [5.74, 6) is 0.515. The molecule has 7 heteroatoms. The fourth-order valence-corrected chi connectivity index (χ4v) is 3.45. The molecule has 0 spiro atoms. The summed E-state index contributed by atoms with van der Waals surface area (Å²) in [5, 5.41) is 5.15. The number of amides is 1. The van der Waals surface area contributed by atoms with E-state index in [4.69, 9.17) is 17.0 Å². The third-order valence-electron chi connectivity index (χ3n) is 4.63. The van der Waals surface area contributed by atoms with Crippen molar-refractivity contribution < 1.29 is 9.53 Å². The molecule has 0 radical (unpaired) electrons. The molecule has 1 aromatic carbocycles. The lowest BCUT2D eigenvalue weighted by Gasteiger charge is -2.36. The molecule has 148 valence electrons. The summed E-state index contributed by atoms with van der Waals surface area (Å²) in [4.78, 5) is 16.7. The number of ether oxygens (including phenoxy) is 1. The lowest BCUT2D eigenvalue weighted by Crippen LogP contribution is -2.51. The Balaban J connectivity index is 1.57. The van der Waals surface area contributed by atoms with E-state index in [1.54, 1.807) is 30.5 Å². The highest BCUT2D eigenvalue weighted by Crippen LogP contribution is 2.28. The van der Waals surface area contributed by atoms with Gasteiger partial charge in [-0.25, -0.2) is 5.01 Å². The van der Waals surface area contributed by atoms with Crippen LogP contribution in [0, 0.1) is 0 Å². The standard InChI is InChI=1S/C21H26N4O2S/c1-2-14-27-18-10-8-16(9-11-18)20(26)23-21(28)24-25-13-4-3-7-19(25)17-6-5-12-22-15-17/h5-6,8-12,15,19H,2-4,7,13-14H2,1H3,(H2,23,24,26,28). The molecule has 1 aliphatic heterocycles. The van der Waals surface area contributed by atoms with Crippen molar-refractivity contribution in [1.82, 2.24) is 20.7 Å². The number of nitrogens with zero attached hydrogens (tertiary/aromatic N) is 2. The minimum atomic E-state index is -0.241. The molecule has 2 N–H and O–H groups in total. The Labute approximate surface area is 171 Å². The van der Waals surface area contributed by atoms with Crippen LogP contribution in [0.5, 0.6) is 5.75 Å². The van der Waals surface area contributed by atoms with Crippen LogP contribution in [0.1, 0.15) is 54.6 Å². The SMILES string of the molecule is CCCOc1ccc(C(=O)NC(=S)NN2CCCCC2c2cccnc2)cc1. The van der Waals surface area contributed by atoms with E-state index >= 15 is 0 Å². The van der Waals surface area contributed by atoms with Crippen LogP contribution in [-0.4, -0.2) is 34.2 Å². The van der Waals surface area contributed by atoms with Crippen LogP contribution in [0.15, 0.2) is 48.8 Å². The van der Waals surface area contributed by atoms with Crippen LogP contribution < -0.4 is 15.5 Å². The summed E-state index contributed by atoms with van der Waals surface area (Å²) in [6.07, 6.45) is 7.86. The predicted molar refractivity (Wildman–Crippen MR) is 113 cm³/mol. The molecular formula is C21H26N4O2S. The van der Waals surface area contributed by atoms with Crippen molar-refractivity contribution in [3.63, 3.8) is 0 Å². The van der Waals surface area contributed by atoms with E-state index in [0.29, 0.717) is 17.3 Å². The highest BCUT2D eigenvalue weighted by Gasteiger charge is 2.25. The van der Waals surface area contributed by atoms with E-state index in [1.165, 1.54) is 0 Å². The van der Waals surface area contributed by atoms with Crippen molar-refractivity contribution in [3.8, 4) is 5.75 Å². The summed E-state index contributed by atoms with van der Waals surface area (Å²) in [5.41, 5.74) is 4.87. The molecule has 0 bridgehead atoms. The van der Waals surface area contributed by atoms with Gasteiger partial charge in [0.1, 0.15) is 5.75 Å². The summed E-state index contributed by atoms with van der Waals surface area (Å²) in [7, 11) is 0.